The van der Waals surface area contributed by atoms with E-state index < -0.39 is 0 Å². The highest BCUT2D eigenvalue weighted by molar-refractivity contribution is 5.33. The van der Waals surface area contributed by atoms with Crippen molar-refractivity contribution in [2.24, 2.45) is 5.92 Å². The summed E-state index contributed by atoms with van der Waals surface area (Å²) in [5.41, 5.74) is -0.0208. The molecule has 2 rings (SSSR count). The number of nitrogens with zero attached hydrogens (tertiary/aromatic N) is 3. The Bertz CT molecular complexity index is 395. The Morgan fingerprint density at radius 3 is 2.80 bits per heavy atom. The monoisotopic (exact) mass is 208 g/mol. The van der Waals surface area contributed by atoms with Crippen molar-refractivity contribution in [1.82, 2.24) is 15.1 Å². The first-order valence-electron chi connectivity index (χ1n) is 5.13. The SMILES string of the molecule is CN(C)c1ccc(=O)n(CC2CNC2)n1. The van der Waals surface area contributed by atoms with Gasteiger partial charge in [-0.25, -0.2) is 4.68 Å². The van der Waals surface area contributed by atoms with Crippen LogP contribution in [-0.2, 0) is 6.54 Å². The largest absolute Gasteiger partial charge is 0.361 e. The minimum absolute atomic E-state index is 0.0208. The molecule has 1 N–H and O–H groups in total. The molecule has 1 aromatic rings. The zero-order chi connectivity index (χ0) is 10.8. The van der Waals surface area contributed by atoms with Crippen LogP contribution in [0.3, 0.4) is 0 Å². The Hall–Kier alpha value is -1.36. The summed E-state index contributed by atoms with van der Waals surface area (Å²) in [5, 5.41) is 7.48. The van der Waals surface area contributed by atoms with Crippen LogP contribution in [-0.4, -0.2) is 37.0 Å². The summed E-state index contributed by atoms with van der Waals surface area (Å²) in [6, 6.07) is 3.33. The number of nitrogens with one attached hydrogen (secondary N) is 1. The fourth-order valence-corrected chi connectivity index (χ4v) is 1.53. The molecule has 82 valence electrons. The highest BCUT2D eigenvalue weighted by Crippen LogP contribution is 2.06. The number of hydrogen-bond acceptors (Lipinski definition) is 4. The molecule has 0 saturated carbocycles. The maximum absolute atomic E-state index is 11.5. The van der Waals surface area contributed by atoms with Crippen molar-refractivity contribution in [2.75, 3.05) is 32.1 Å². The zero-order valence-electron chi connectivity index (χ0n) is 9.10. The smallest absolute Gasteiger partial charge is 0.266 e. The lowest BCUT2D eigenvalue weighted by Gasteiger charge is -2.27. The zero-order valence-corrected chi connectivity index (χ0v) is 9.10. The molecule has 1 aliphatic heterocycles. The minimum atomic E-state index is -0.0208. The van der Waals surface area contributed by atoms with Crippen LogP contribution in [0.1, 0.15) is 0 Å². The number of rotatable bonds is 3. The lowest BCUT2D eigenvalue weighted by molar-refractivity contribution is 0.290. The fourth-order valence-electron chi connectivity index (χ4n) is 1.53. The van der Waals surface area contributed by atoms with Gasteiger partial charge in [-0.3, -0.25) is 4.79 Å². The quantitative estimate of drug-likeness (QED) is 0.729. The molecule has 0 atom stereocenters. The number of anilines is 1. The van der Waals surface area contributed by atoms with Crippen molar-refractivity contribution in [3.8, 4) is 0 Å². The van der Waals surface area contributed by atoms with E-state index in [4.69, 9.17) is 0 Å². The van der Waals surface area contributed by atoms with Crippen LogP contribution in [0.25, 0.3) is 0 Å². The van der Waals surface area contributed by atoms with Crippen molar-refractivity contribution in [3.63, 3.8) is 0 Å². The van der Waals surface area contributed by atoms with Crippen LogP contribution in [0.5, 0.6) is 0 Å². The highest BCUT2D eigenvalue weighted by Gasteiger charge is 2.18. The first kappa shape index (κ1) is 10.2. The summed E-state index contributed by atoms with van der Waals surface area (Å²) < 4.78 is 1.56. The van der Waals surface area contributed by atoms with E-state index in [1.807, 2.05) is 19.0 Å². The van der Waals surface area contributed by atoms with E-state index in [9.17, 15) is 4.79 Å². The van der Waals surface area contributed by atoms with E-state index in [1.165, 1.54) is 0 Å². The Morgan fingerprint density at radius 2 is 2.27 bits per heavy atom. The van der Waals surface area contributed by atoms with Gasteiger partial charge in [0.1, 0.15) is 5.82 Å². The fraction of sp³-hybridized carbons (Fsp3) is 0.600. The van der Waals surface area contributed by atoms with Crippen molar-refractivity contribution in [2.45, 2.75) is 6.54 Å². The molecular weight excluding hydrogens is 192 g/mol. The minimum Gasteiger partial charge on any atom is -0.361 e. The van der Waals surface area contributed by atoms with Gasteiger partial charge in [0.15, 0.2) is 0 Å². The number of aromatic nitrogens is 2. The van der Waals surface area contributed by atoms with Gasteiger partial charge < -0.3 is 10.2 Å². The third kappa shape index (κ3) is 2.18. The second kappa shape index (κ2) is 4.02. The van der Waals surface area contributed by atoms with Gasteiger partial charge >= 0.3 is 0 Å². The van der Waals surface area contributed by atoms with Gasteiger partial charge in [-0.05, 0) is 6.07 Å². The van der Waals surface area contributed by atoms with Crippen LogP contribution in [0.2, 0.25) is 0 Å². The molecule has 0 amide bonds. The Kier molecular flexibility index (Phi) is 2.73. The van der Waals surface area contributed by atoms with Gasteiger partial charge in [0.2, 0.25) is 0 Å². The van der Waals surface area contributed by atoms with Crippen LogP contribution >= 0.6 is 0 Å². The summed E-state index contributed by atoms with van der Waals surface area (Å²) in [5.74, 6) is 1.37. The first-order valence-corrected chi connectivity index (χ1v) is 5.13. The summed E-state index contributed by atoms with van der Waals surface area (Å²) >= 11 is 0. The van der Waals surface area contributed by atoms with E-state index >= 15 is 0 Å². The lowest BCUT2D eigenvalue weighted by atomic mass is 10.0. The average molecular weight is 208 g/mol. The highest BCUT2D eigenvalue weighted by atomic mass is 16.1. The van der Waals surface area contributed by atoms with E-state index in [0.29, 0.717) is 12.5 Å². The standard InChI is InChI=1S/C10H16N4O/c1-13(2)9-3-4-10(15)14(12-9)7-8-5-11-6-8/h3-4,8,11H,5-7H2,1-2H3. The maximum atomic E-state index is 11.5. The second-order valence-corrected chi connectivity index (χ2v) is 4.13. The van der Waals surface area contributed by atoms with Crippen molar-refractivity contribution in [3.05, 3.63) is 22.5 Å². The summed E-state index contributed by atoms with van der Waals surface area (Å²) in [7, 11) is 3.84. The van der Waals surface area contributed by atoms with Crippen molar-refractivity contribution in [1.29, 1.82) is 0 Å². The molecule has 1 aliphatic rings. The molecule has 2 heterocycles. The van der Waals surface area contributed by atoms with Crippen molar-refractivity contribution >= 4 is 5.82 Å². The molecular formula is C10H16N4O. The second-order valence-electron chi connectivity index (χ2n) is 4.13. The molecule has 1 saturated heterocycles. The van der Waals surface area contributed by atoms with Crippen LogP contribution < -0.4 is 15.8 Å². The topological polar surface area (TPSA) is 50.2 Å². The molecule has 1 aromatic heterocycles. The first-order chi connectivity index (χ1) is 7.16. The van der Waals surface area contributed by atoms with Crippen molar-refractivity contribution < 1.29 is 0 Å². The van der Waals surface area contributed by atoms with E-state index in [2.05, 4.69) is 10.4 Å². The predicted octanol–water partition coefficient (Wildman–Crippen LogP) is -0.471. The normalized spacial score (nSPS) is 16.1. The van der Waals surface area contributed by atoms with Gasteiger partial charge in [0.25, 0.3) is 5.56 Å². The molecule has 15 heavy (non-hydrogen) atoms. The van der Waals surface area contributed by atoms with Gasteiger partial charge in [-0.15, -0.1) is 0 Å². The molecule has 0 spiro atoms. The van der Waals surface area contributed by atoms with Crippen LogP contribution in [0.15, 0.2) is 16.9 Å². The van der Waals surface area contributed by atoms with Gasteiger partial charge in [-0.2, -0.15) is 5.10 Å². The summed E-state index contributed by atoms with van der Waals surface area (Å²) in [6.45, 7) is 2.69. The summed E-state index contributed by atoms with van der Waals surface area (Å²) in [4.78, 5) is 13.4. The van der Waals surface area contributed by atoms with Gasteiger partial charge in [0, 0.05) is 39.2 Å². The predicted molar refractivity (Wildman–Crippen MR) is 59.2 cm³/mol. The summed E-state index contributed by atoms with van der Waals surface area (Å²) in [6.07, 6.45) is 0. The maximum Gasteiger partial charge on any atom is 0.266 e. The van der Waals surface area contributed by atoms with Crippen LogP contribution in [0.4, 0.5) is 5.82 Å². The number of hydrogen-bond donors (Lipinski definition) is 1. The molecule has 0 bridgehead atoms. The molecule has 0 unspecified atom stereocenters. The Labute approximate surface area is 88.7 Å². The Balaban J connectivity index is 2.20. The van der Waals surface area contributed by atoms with Gasteiger partial charge in [-0.1, -0.05) is 0 Å². The lowest BCUT2D eigenvalue weighted by Crippen LogP contribution is -2.46. The molecule has 5 heteroatoms. The third-order valence-corrected chi connectivity index (χ3v) is 2.61. The average Bonchev–Trinajstić information content (AvgIpc) is 2.13. The van der Waals surface area contributed by atoms with E-state index in [1.54, 1.807) is 16.8 Å². The third-order valence-electron chi connectivity index (χ3n) is 2.61. The molecule has 5 nitrogen and oxygen atoms in total. The molecule has 0 aromatic carbocycles. The van der Waals surface area contributed by atoms with Gasteiger partial charge in [0.05, 0.1) is 6.54 Å². The van der Waals surface area contributed by atoms with Crippen LogP contribution in [0, 0.1) is 5.92 Å². The molecule has 0 aliphatic carbocycles. The molecule has 1 fully saturated rings. The van der Waals surface area contributed by atoms with E-state index in [-0.39, 0.29) is 5.56 Å². The molecule has 0 radical (unpaired) electrons. The van der Waals surface area contributed by atoms with E-state index in [0.717, 1.165) is 18.9 Å². The Morgan fingerprint density at radius 1 is 1.53 bits per heavy atom.